The van der Waals surface area contributed by atoms with Gasteiger partial charge in [-0.25, -0.2) is 4.39 Å². The summed E-state index contributed by atoms with van der Waals surface area (Å²) in [6.07, 6.45) is 0. The fourth-order valence-electron chi connectivity index (χ4n) is 2.80. The van der Waals surface area contributed by atoms with Gasteiger partial charge in [0.15, 0.2) is 4.80 Å². The third-order valence-electron chi connectivity index (χ3n) is 4.15. The van der Waals surface area contributed by atoms with Crippen LogP contribution in [-0.4, -0.2) is 37.9 Å². The zero-order valence-corrected chi connectivity index (χ0v) is 16.7. The minimum atomic E-state index is -0.475. The lowest BCUT2D eigenvalue weighted by atomic mass is 10.2. The van der Waals surface area contributed by atoms with Crippen LogP contribution in [-0.2, 0) is 11.3 Å². The predicted octanol–water partition coefficient (Wildman–Crippen LogP) is 3.64. The number of carbonyl (C=O) groups is 1. The second kappa shape index (κ2) is 8.99. The van der Waals surface area contributed by atoms with Crippen molar-refractivity contribution >= 4 is 27.5 Å². The van der Waals surface area contributed by atoms with Crippen LogP contribution in [0, 0.1) is 5.82 Å². The molecule has 148 valence electrons. The Morgan fingerprint density at radius 1 is 1.21 bits per heavy atom. The van der Waals surface area contributed by atoms with Gasteiger partial charge in [0.05, 0.1) is 36.6 Å². The average Bonchev–Trinajstić information content (AvgIpc) is 3.06. The second-order valence-corrected chi connectivity index (χ2v) is 6.81. The Balaban J connectivity index is 2.09. The number of hydrogen-bond acceptors (Lipinski definition) is 5. The van der Waals surface area contributed by atoms with Crippen LogP contribution in [0.5, 0.6) is 11.5 Å². The van der Waals surface area contributed by atoms with Crippen molar-refractivity contribution in [1.29, 1.82) is 0 Å². The molecule has 0 aliphatic carbocycles. The van der Waals surface area contributed by atoms with Crippen molar-refractivity contribution in [3.63, 3.8) is 0 Å². The van der Waals surface area contributed by atoms with Crippen LogP contribution in [0.25, 0.3) is 10.2 Å². The number of carbonyl (C=O) groups excluding carboxylic acids is 1. The van der Waals surface area contributed by atoms with E-state index in [0.717, 1.165) is 0 Å². The van der Waals surface area contributed by atoms with Crippen LogP contribution in [0.1, 0.15) is 17.3 Å². The second-order valence-electron chi connectivity index (χ2n) is 5.80. The number of rotatable bonds is 7. The molecule has 8 heteroatoms. The quantitative estimate of drug-likeness (QED) is 0.564. The highest BCUT2D eigenvalue weighted by Crippen LogP contribution is 2.25. The molecule has 0 spiro atoms. The number of hydrogen-bond donors (Lipinski definition) is 0. The number of thiazole rings is 1. The average molecular weight is 404 g/mol. The van der Waals surface area contributed by atoms with Crippen LogP contribution >= 0.6 is 11.3 Å². The van der Waals surface area contributed by atoms with Gasteiger partial charge >= 0.3 is 0 Å². The van der Waals surface area contributed by atoms with Crippen molar-refractivity contribution in [3.8, 4) is 11.5 Å². The van der Waals surface area contributed by atoms with Gasteiger partial charge in [-0.05, 0) is 31.2 Å². The summed E-state index contributed by atoms with van der Waals surface area (Å²) in [7, 11) is 3.01. The third-order valence-corrected chi connectivity index (χ3v) is 5.20. The van der Waals surface area contributed by atoms with Crippen LogP contribution in [0.15, 0.2) is 41.4 Å². The van der Waals surface area contributed by atoms with Gasteiger partial charge in [0.25, 0.3) is 5.91 Å². The van der Waals surface area contributed by atoms with E-state index >= 15 is 0 Å². The lowest BCUT2D eigenvalue weighted by Crippen LogP contribution is -2.20. The molecule has 3 aromatic rings. The van der Waals surface area contributed by atoms with Crippen molar-refractivity contribution in [1.82, 2.24) is 4.57 Å². The van der Waals surface area contributed by atoms with E-state index < -0.39 is 5.91 Å². The summed E-state index contributed by atoms with van der Waals surface area (Å²) in [5.41, 5.74) is 0.720. The lowest BCUT2D eigenvalue weighted by molar-refractivity contribution is 0.0993. The van der Waals surface area contributed by atoms with Crippen LogP contribution in [0.4, 0.5) is 4.39 Å². The number of methoxy groups -OCH3 is 2. The van der Waals surface area contributed by atoms with Crippen molar-refractivity contribution in [2.75, 3.05) is 27.4 Å². The number of fused-ring (bicyclic) bond motifs is 1. The minimum Gasteiger partial charge on any atom is -0.497 e. The Kier molecular flexibility index (Phi) is 6.43. The van der Waals surface area contributed by atoms with Gasteiger partial charge in [0, 0.05) is 19.2 Å². The Morgan fingerprint density at radius 2 is 2.04 bits per heavy atom. The monoisotopic (exact) mass is 404 g/mol. The molecule has 0 atom stereocenters. The maximum atomic E-state index is 14.4. The SMILES string of the molecule is CCOCCn1c(=NC(=O)c2ccc(OC)cc2OC)sc2cccc(F)c21. The van der Waals surface area contributed by atoms with E-state index in [1.54, 1.807) is 34.9 Å². The van der Waals surface area contributed by atoms with E-state index in [1.165, 1.54) is 31.6 Å². The zero-order chi connectivity index (χ0) is 20.1. The highest BCUT2D eigenvalue weighted by Gasteiger charge is 2.15. The largest absolute Gasteiger partial charge is 0.497 e. The molecule has 0 bridgehead atoms. The van der Waals surface area contributed by atoms with Gasteiger partial charge in [-0.1, -0.05) is 17.4 Å². The summed E-state index contributed by atoms with van der Waals surface area (Å²) in [6, 6.07) is 9.72. The highest BCUT2D eigenvalue weighted by molar-refractivity contribution is 7.16. The number of ether oxygens (including phenoxy) is 3. The molecule has 28 heavy (non-hydrogen) atoms. The van der Waals surface area contributed by atoms with Gasteiger partial charge < -0.3 is 18.8 Å². The van der Waals surface area contributed by atoms with E-state index in [1.807, 2.05) is 6.92 Å². The molecular weight excluding hydrogens is 383 g/mol. The van der Waals surface area contributed by atoms with E-state index in [9.17, 15) is 9.18 Å². The van der Waals surface area contributed by atoms with Crippen molar-refractivity contribution in [3.05, 3.63) is 52.6 Å². The van der Waals surface area contributed by atoms with Crippen LogP contribution < -0.4 is 14.3 Å². The van der Waals surface area contributed by atoms with Gasteiger partial charge in [0.2, 0.25) is 0 Å². The summed E-state index contributed by atoms with van der Waals surface area (Å²) in [4.78, 5) is 17.5. The molecule has 3 rings (SSSR count). The van der Waals surface area contributed by atoms with E-state index in [4.69, 9.17) is 14.2 Å². The molecule has 1 heterocycles. The van der Waals surface area contributed by atoms with Crippen LogP contribution in [0.2, 0.25) is 0 Å². The molecule has 1 aromatic heterocycles. The molecule has 0 N–H and O–H groups in total. The molecule has 0 saturated carbocycles. The summed E-state index contributed by atoms with van der Waals surface area (Å²) in [6.45, 7) is 3.23. The van der Waals surface area contributed by atoms with Crippen molar-refractivity contribution in [2.24, 2.45) is 4.99 Å². The smallest absolute Gasteiger partial charge is 0.283 e. The van der Waals surface area contributed by atoms with Crippen molar-refractivity contribution < 1.29 is 23.4 Å². The molecule has 2 aromatic carbocycles. The number of para-hydroxylation sites is 1. The fraction of sp³-hybridized carbons (Fsp3) is 0.300. The normalized spacial score (nSPS) is 11.8. The predicted molar refractivity (Wildman–Crippen MR) is 106 cm³/mol. The first-order valence-electron chi connectivity index (χ1n) is 8.75. The molecule has 0 radical (unpaired) electrons. The highest BCUT2D eigenvalue weighted by atomic mass is 32.1. The van der Waals surface area contributed by atoms with E-state index in [0.29, 0.717) is 51.8 Å². The number of amides is 1. The number of nitrogens with zero attached hydrogens (tertiary/aromatic N) is 2. The van der Waals surface area contributed by atoms with Gasteiger partial charge in [-0.15, -0.1) is 0 Å². The summed E-state index contributed by atoms with van der Waals surface area (Å²) < 4.78 is 32.7. The number of aromatic nitrogens is 1. The van der Waals surface area contributed by atoms with Crippen molar-refractivity contribution in [2.45, 2.75) is 13.5 Å². The maximum absolute atomic E-state index is 14.4. The molecule has 0 aliphatic rings. The zero-order valence-electron chi connectivity index (χ0n) is 15.9. The van der Waals surface area contributed by atoms with Gasteiger partial charge in [-0.3, -0.25) is 4.79 Å². The third kappa shape index (κ3) is 4.07. The molecule has 0 unspecified atom stereocenters. The van der Waals surface area contributed by atoms with E-state index in [2.05, 4.69) is 4.99 Å². The standard InChI is InChI=1S/C20H21FN2O4S/c1-4-27-11-10-23-18-15(21)6-5-7-17(18)28-20(23)22-19(24)14-9-8-13(25-2)12-16(14)26-3/h5-9,12H,4,10-11H2,1-3H3. The molecule has 0 saturated heterocycles. The molecule has 0 fully saturated rings. The summed E-state index contributed by atoms with van der Waals surface area (Å²) in [5.74, 6) is 0.100. The molecule has 1 amide bonds. The fourth-order valence-corrected chi connectivity index (χ4v) is 3.87. The molecule has 0 aliphatic heterocycles. The summed E-state index contributed by atoms with van der Waals surface area (Å²) >= 11 is 1.25. The topological polar surface area (TPSA) is 62.1 Å². The minimum absolute atomic E-state index is 0.303. The number of halogens is 1. The Labute approximate surface area is 165 Å². The Hall–Kier alpha value is -2.71. The van der Waals surface area contributed by atoms with Gasteiger partial charge in [-0.2, -0.15) is 4.99 Å². The first kappa shape index (κ1) is 20.0. The Bertz CT molecular complexity index is 1060. The first-order valence-corrected chi connectivity index (χ1v) is 9.57. The first-order chi connectivity index (χ1) is 13.6. The van der Waals surface area contributed by atoms with Gasteiger partial charge in [0.1, 0.15) is 17.3 Å². The molecule has 6 nitrogen and oxygen atoms in total. The summed E-state index contributed by atoms with van der Waals surface area (Å²) in [5, 5.41) is 0. The van der Waals surface area contributed by atoms with E-state index in [-0.39, 0.29) is 5.82 Å². The number of benzene rings is 2. The molecular formula is C20H21FN2O4S. The Morgan fingerprint density at radius 3 is 2.75 bits per heavy atom. The lowest BCUT2D eigenvalue weighted by Gasteiger charge is -2.08. The maximum Gasteiger partial charge on any atom is 0.283 e. The van der Waals surface area contributed by atoms with Crippen LogP contribution in [0.3, 0.4) is 0 Å².